The molecule has 0 saturated heterocycles. The average molecular weight is 427 g/mol. The summed E-state index contributed by atoms with van der Waals surface area (Å²) in [5.74, 6) is 0.376. The lowest BCUT2D eigenvalue weighted by molar-refractivity contribution is -0.384. The van der Waals surface area contributed by atoms with E-state index in [2.05, 4.69) is 10.6 Å². The molecule has 2 N–H and O–H groups in total. The maximum atomic E-state index is 12.7. The molecule has 1 aliphatic heterocycles. The number of amides is 2. The molecule has 1 heterocycles. The van der Waals surface area contributed by atoms with E-state index in [1.807, 2.05) is 0 Å². The molecule has 0 saturated carbocycles. The third-order valence-electron chi connectivity index (χ3n) is 4.53. The Balaban J connectivity index is 1.91. The number of methoxy groups -OCH3 is 1. The van der Waals surface area contributed by atoms with Gasteiger partial charge in [-0.05, 0) is 36.8 Å². The fourth-order valence-corrected chi connectivity index (χ4v) is 3.05. The van der Waals surface area contributed by atoms with Crippen LogP contribution in [0.3, 0.4) is 0 Å². The third-order valence-corrected chi connectivity index (χ3v) is 4.53. The van der Waals surface area contributed by atoms with Crippen LogP contribution in [0.2, 0.25) is 0 Å². The molecule has 1 aliphatic rings. The van der Waals surface area contributed by atoms with E-state index in [9.17, 15) is 19.7 Å². The molecule has 0 aliphatic carbocycles. The van der Waals surface area contributed by atoms with Gasteiger partial charge < -0.3 is 24.8 Å². The number of hydrogen-bond donors (Lipinski definition) is 2. The van der Waals surface area contributed by atoms with Crippen LogP contribution in [0.1, 0.15) is 18.5 Å². The summed E-state index contributed by atoms with van der Waals surface area (Å²) in [6, 6.07) is 11.1. The second kappa shape index (κ2) is 9.61. The van der Waals surface area contributed by atoms with E-state index in [1.54, 1.807) is 38.3 Å². The minimum Gasteiger partial charge on any atom is -0.497 e. The number of rotatable bonds is 8. The van der Waals surface area contributed by atoms with E-state index < -0.39 is 23.0 Å². The van der Waals surface area contributed by atoms with Gasteiger partial charge in [0, 0.05) is 12.1 Å². The van der Waals surface area contributed by atoms with E-state index >= 15 is 0 Å². The van der Waals surface area contributed by atoms with E-state index in [1.165, 1.54) is 24.3 Å². The summed E-state index contributed by atoms with van der Waals surface area (Å²) in [6.07, 6.45) is 0. The van der Waals surface area contributed by atoms with Crippen molar-refractivity contribution in [2.45, 2.75) is 13.0 Å². The summed E-state index contributed by atoms with van der Waals surface area (Å²) in [7, 11) is 1.54. The number of nitro benzene ring substituents is 1. The van der Waals surface area contributed by atoms with Gasteiger partial charge in [-0.3, -0.25) is 10.1 Å². The summed E-state index contributed by atoms with van der Waals surface area (Å²) in [5, 5.41) is 16.1. The van der Waals surface area contributed by atoms with Gasteiger partial charge in [0.2, 0.25) is 0 Å². The van der Waals surface area contributed by atoms with E-state index in [0.717, 1.165) is 0 Å². The molecule has 0 spiro atoms. The molecular weight excluding hydrogens is 406 g/mol. The lowest BCUT2D eigenvalue weighted by atomic mass is 9.95. The molecule has 31 heavy (non-hydrogen) atoms. The molecule has 0 aromatic heterocycles. The van der Waals surface area contributed by atoms with Gasteiger partial charge >= 0.3 is 12.0 Å². The zero-order chi connectivity index (χ0) is 22.4. The first-order chi connectivity index (χ1) is 14.9. The smallest absolute Gasteiger partial charge is 0.338 e. The maximum Gasteiger partial charge on any atom is 0.338 e. The Morgan fingerprint density at radius 2 is 1.74 bits per heavy atom. The number of nitrogens with one attached hydrogen (secondary N) is 2. The quantitative estimate of drug-likeness (QED) is 0.376. The van der Waals surface area contributed by atoms with Crippen molar-refractivity contribution in [1.29, 1.82) is 0 Å². The molecule has 10 heteroatoms. The largest absolute Gasteiger partial charge is 0.497 e. The van der Waals surface area contributed by atoms with Crippen molar-refractivity contribution in [3.8, 4) is 11.5 Å². The van der Waals surface area contributed by atoms with Crippen molar-refractivity contribution in [3.05, 3.63) is 75.5 Å². The van der Waals surface area contributed by atoms with Crippen LogP contribution in [-0.2, 0) is 9.53 Å². The van der Waals surface area contributed by atoms with Gasteiger partial charge in [-0.2, -0.15) is 0 Å². The molecule has 1 unspecified atom stereocenters. The molecule has 10 nitrogen and oxygen atoms in total. The second-order valence-corrected chi connectivity index (χ2v) is 6.46. The SMILES string of the molecule is CCOC(=O)C1=C(COc2ccc([N+](=O)[O-])cc2)NC(=O)NC1c1ccc(OC)cc1. The number of urea groups is 1. The van der Waals surface area contributed by atoms with Crippen molar-refractivity contribution in [2.24, 2.45) is 0 Å². The van der Waals surface area contributed by atoms with Crippen LogP contribution in [-0.4, -0.2) is 37.2 Å². The number of nitro groups is 1. The second-order valence-electron chi connectivity index (χ2n) is 6.46. The number of carbonyl (C=O) groups is 2. The summed E-state index contributed by atoms with van der Waals surface area (Å²) in [4.78, 5) is 35.3. The highest BCUT2D eigenvalue weighted by Crippen LogP contribution is 2.29. The number of carbonyl (C=O) groups excluding carboxylic acids is 2. The van der Waals surface area contributed by atoms with Crippen LogP contribution >= 0.6 is 0 Å². The fourth-order valence-electron chi connectivity index (χ4n) is 3.05. The first kappa shape index (κ1) is 21.6. The first-order valence-electron chi connectivity index (χ1n) is 9.41. The zero-order valence-corrected chi connectivity index (χ0v) is 16.9. The van der Waals surface area contributed by atoms with Gasteiger partial charge in [0.25, 0.3) is 5.69 Å². The number of nitrogens with zero attached hydrogens (tertiary/aromatic N) is 1. The molecule has 2 amide bonds. The fraction of sp³-hybridized carbons (Fsp3) is 0.238. The van der Waals surface area contributed by atoms with Crippen molar-refractivity contribution in [1.82, 2.24) is 10.6 Å². The third kappa shape index (κ3) is 5.10. The van der Waals surface area contributed by atoms with Crippen LogP contribution in [0.4, 0.5) is 10.5 Å². The monoisotopic (exact) mass is 427 g/mol. The Morgan fingerprint density at radius 1 is 1.10 bits per heavy atom. The Morgan fingerprint density at radius 3 is 2.32 bits per heavy atom. The molecule has 0 radical (unpaired) electrons. The van der Waals surface area contributed by atoms with Crippen LogP contribution in [0, 0.1) is 10.1 Å². The minimum absolute atomic E-state index is 0.0754. The van der Waals surface area contributed by atoms with E-state index in [4.69, 9.17) is 14.2 Å². The minimum atomic E-state index is -0.755. The molecule has 1 atom stereocenters. The lowest BCUT2D eigenvalue weighted by Crippen LogP contribution is -2.47. The number of hydrogen-bond acceptors (Lipinski definition) is 7. The van der Waals surface area contributed by atoms with Crippen molar-refractivity contribution in [3.63, 3.8) is 0 Å². The predicted molar refractivity (Wildman–Crippen MR) is 110 cm³/mol. The molecule has 0 bridgehead atoms. The lowest BCUT2D eigenvalue weighted by Gasteiger charge is -2.29. The van der Waals surface area contributed by atoms with Gasteiger partial charge in [-0.25, -0.2) is 9.59 Å². The summed E-state index contributed by atoms with van der Waals surface area (Å²) in [5.41, 5.74) is 1.02. The molecule has 2 aromatic rings. The number of non-ortho nitro benzene ring substituents is 1. The number of esters is 1. The number of ether oxygens (including phenoxy) is 3. The highest BCUT2D eigenvalue weighted by atomic mass is 16.6. The van der Waals surface area contributed by atoms with E-state index in [0.29, 0.717) is 17.1 Å². The normalized spacial score (nSPS) is 15.5. The zero-order valence-electron chi connectivity index (χ0n) is 16.9. The topological polar surface area (TPSA) is 129 Å². The van der Waals surface area contributed by atoms with Crippen molar-refractivity contribution >= 4 is 17.7 Å². The maximum absolute atomic E-state index is 12.7. The molecular formula is C21H21N3O7. The molecule has 162 valence electrons. The van der Waals surface area contributed by atoms with Crippen LogP contribution in [0.25, 0.3) is 0 Å². The van der Waals surface area contributed by atoms with Crippen LogP contribution in [0.15, 0.2) is 59.8 Å². The summed E-state index contributed by atoms with van der Waals surface area (Å²) < 4.78 is 16.0. The molecule has 3 rings (SSSR count). The summed E-state index contributed by atoms with van der Waals surface area (Å²) >= 11 is 0. The van der Waals surface area contributed by atoms with Crippen LogP contribution in [0.5, 0.6) is 11.5 Å². The van der Waals surface area contributed by atoms with E-state index in [-0.39, 0.29) is 30.2 Å². The van der Waals surface area contributed by atoms with Crippen LogP contribution < -0.4 is 20.1 Å². The van der Waals surface area contributed by atoms with Gasteiger partial charge in [0.05, 0.1) is 36.0 Å². The van der Waals surface area contributed by atoms with Gasteiger partial charge in [0.15, 0.2) is 0 Å². The molecule has 0 fully saturated rings. The number of benzene rings is 2. The van der Waals surface area contributed by atoms with Gasteiger partial charge in [0.1, 0.15) is 18.1 Å². The Bertz CT molecular complexity index is 1000. The summed E-state index contributed by atoms with van der Waals surface area (Å²) in [6.45, 7) is 1.69. The standard InChI is InChI=1S/C21H21N3O7/c1-3-30-20(25)18-17(12-31-16-10-6-14(7-11-16)24(27)28)22-21(26)23-19(18)13-4-8-15(29-2)9-5-13/h4-11,19H,3,12H2,1-2H3,(H2,22,23,26). The van der Waals surface area contributed by atoms with Crippen molar-refractivity contribution in [2.75, 3.05) is 20.3 Å². The van der Waals surface area contributed by atoms with Crippen molar-refractivity contribution < 1.29 is 28.7 Å². The Labute approximate surface area is 177 Å². The average Bonchev–Trinajstić information content (AvgIpc) is 2.77. The highest BCUT2D eigenvalue weighted by molar-refractivity contribution is 5.95. The Hall–Kier alpha value is -4.08. The Kier molecular flexibility index (Phi) is 6.71. The first-order valence-corrected chi connectivity index (χ1v) is 9.41. The van der Waals surface area contributed by atoms with Gasteiger partial charge in [-0.15, -0.1) is 0 Å². The highest BCUT2D eigenvalue weighted by Gasteiger charge is 2.34. The predicted octanol–water partition coefficient (Wildman–Crippen LogP) is 2.85. The van der Waals surface area contributed by atoms with Gasteiger partial charge in [-0.1, -0.05) is 12.1 Å². The molecule has 2 aromatic carbocycles.